The van der Waals surface area contributed by atoms with E-state index in [1.54, 1.807) is 0 Å². The van der Waals surface area contributed by atoms with Gasteiger partial charge in [-0.3, -0.25) is 9.97 Å². The van der Waals surface area contributed by atoms with Crippen LogP contribution in [0.5, 0.6) is 0 Å². The van der Waals surface area contributed by atoms with Crippen molar-refractivity contribution >= 4 is 56.4 Å². The Bertz CT molecular complexity index is 1750. The van der Waals surface area contributed by atoms with Crippen LogP contribution in [0.4, 0.5) is 11.4 Å². The average Bonchev–Trinajstić information content (AvgIpc) is 3.01. The van der Waals surface area contributed by atoms with E-state index in [0.29, 0.717) is 11.8 Å². The van der Waals surface area contributed by atoms with E-state index in [1.165, 1.54) is 75.9 Å². The highest BCUT2D eigenvalue weighted by Crippen LogP contribution is 2.47. The number of halogens is 2. The third kappa shape index (κ3) is 6.68. The van der Waals surface area contributed by atoms with Gasteiger partial charge in [0, 0.05) is 62.2 Å². The molecule has 2 atom stereocenters. The van der Waals surface area contributed by atoms with E-state index in [0.717, 1.165) is 85.8 Å². The van der Waals surface area contributed by atoms with Crippen LogP contribution in [0.15, 0.2) is 48.0 Å². The molecular formula is C38H45Cl2N5. The Morgan fingerprint density at radius 1 is 0.800 bits per heavy atom. The molecule has 2 unspecified atom stereocenters. The minimum atomic E-state index is 0.559. The molecule has 2 bridgehead atoms. The van der Waals surface area contributed by atoms with Crippen LogP contribution in [0.25, 0.3) is 21.8 Å². The molecule has 0 saturated carbocycles. The van der Waals surface area contributed by atoms with Crippen LogP contribution in [0.3, 0.4) is 0 Å². The van der Waals surface area contributed by atoms with Gasteiger partial charge in [-0.15, -0.1) is 0 Å². The summed E-state index contributed by atoms with van der Waals surface area (Å²) >= 11 is 12.7. The number of benzene rings is 2. The average molecular weight is 643 g/mol. The molecule has 2 N–H and O–H groups in total. The molecule has 0 spiro atoms. The van der Waals surface area contributed by atoms with Crippen LogP contribution in [-0.2, 0) is 19.3 Å². The predicted molar refractivity (Wildman–Crippen MR) is 191 cm³/mol. The Labute approximate surface area is 277 Å². The van der Waals surface area contributed by atoms with E-state index in [4.69, 9.17) is 33.2 Å². The van der Waals surface area contributed by atoms with E-state index in [1.807, 2.05) is 24.3 Å². The number of nitrogens with zero attached hydrogens (tertiary/aromatic N) is 3. The number of anilines is 2. The standard InChI is InChI=1S/C38H45Cl2N5/c1-24-18-25-20-26(19-24)36-35(21-25)44-34-23-28(40)11-13-31(34)38(36)42-15-7-17-45(2)16-6-5-14-41-37-29-8-3-4-9-32(29)43-33-22-27(39)10-12-30(33)37/h10-13,18,22-23,25-26H,3-9,14-17,19-21H2,1-2H3,(H,41,43)(H,42,44). The van der Waals surface area contributed by atoms with Crippen molar-refractivity contribution in [1.82, 2.24) is 14.9 Å². The zero-order chi connectivity index (χ0) is 30.9. The van der Waals surface area contributed by atoms with Crippen molar-refractivity contribution in [2.75, 3.05) is 43.9 Å². The summed E-state index contributed by atoms with van der Waals surface area (Å²) in [5.41, 5.74) is 11.5. The Morgan fingerprint density at radius 2 is 1.47 bits per heavy atom. The van der Waals surface area contributed by atoms with Crippen molar-refractivity contribution < 1.29 is 0 Å². The lowest BCUT2D eigenvalue weighted by Gasteiger charge is -2.36. The number of nitrogens with one attached hydrogen (secondary N) is 2. The molecule has 236 valence electrons. The van der Waals surface area contributed by atoms with Crippen molar-refractivity contribution in [2.45, 2.75) is 77.0 Å². The van der Waals surface area contributed by atoms with Crippen LogP contribution >= 0.6 is 23.2 Å². The fourth-order valence-electron chi connectivity index (χ4n) is 8.07. The highest BCUT2D eigenvalue weighted by Gasteiger charge is 2.33. The largest absolute Gasteiger partial charge is 0.384 e. The van der Waals surface area contributed by atoms with Gasteiger partial charge in [0.05, 0.1) is 11.0 Å². The van der Waals surface area contributed by atoms with E-state index in [-0.39, 0.29) is 0 Å². The first-order valence-corrected chi connectivity index (χ1v) is 17.7. The maximum atomic E-state index is 6.39. The third-order valence-electron chi connectivity index (χ3n) is 10.1. The third-order valence-corrected chi connectivity index (χ3v) is 10.6. The van der Waals surface area contributed by atoms with Gasteiger partial charge in [-0.1, -0.05) is 34.9 Å². The lowest BCUT2D eigenvalue weighted by atomic mass is 9.71. The summed E-state index contributed by atoms with van der Waals surface area (Å²) in [5, 5.41) is 11.6. The second-order valence-electron chi connectivity index (χ2n) is 13.6. The fraction of sp³-hybridized carbons (Fsp3) is 0.474. The second-order valence-corrected chi connectivity index (χ2v) is 14.5. The first kappa shape index (κ1) is 30.8. The van der Waals surface area contributed by atoms with Gasteiger partial charge in [-0.25, -0.2) is 0 Å². The van der Waals surface area contributed by atoms with Crippen LogP contribution < -0.4 is 10.6 Å². The topological polar surface area (TPSA) is 53.1 Å². The number of fused-ring (bicyclic) bond motifs is 7. The SMILES string of the molecule is CC1=CC2Cc3nc4cc(Cl)ccc4c(NCCCN(C)CCCCNc4c5c(nc6cc(Cl)ccc46)CCCC5)c3C(C1)C2. The van der Waals surface area contributed by atoms with E-state index in [2.05, 4.69) is 47.7 Å². The van der Waals surface area contributed by atoms with Gasteiger partial charge in [0.25, 0.3) is 0 Å². The molecule has 2 heterocycles. The molecular weight excluding hydrogens is 597 g/mol. The van der Waals surface area contributed by atoms with Gasteiger partial charge in [0.2, 0.25) is 0 Å². The predicted octanol–water partition coefficient (Wildman–Crippen LogP) is 9.59. The van der Waals surface area contributed by atoms with Gasteiger partial charge < -0.3 is 15.5 Å². The number of hydrogen-bond acceptors (Lipinski definition) is 5. The van der Waals surface area contributed by atoms with Crippen LogP contribution in [0.1, 0.15) is 80.3 Å². The first-order chi connectivity index (χ1) is 21.9. The van der Waals surface area contributed by atoms with Crippen molar-refractivity contribution in [2.24, 2.45) is 5.92 Å². The number of allylic oxidation sites excluding steroid dienone is 2. The normalized spacial score (nSPS) is 19.0. The lowest BCUT2D eigenvalue weighted by Crippen LogP contribution is -2.26. The van der Waals surface area contributed by atoms with Gasteiger partial charge in [-0.2, -0.15) is 0 Å². The lowest BCUT2D eigenvalue weighted by molar-refractivity contribution is 0.326. The summed E-state index contributed by atoms with van der Waals surface area (Å²) in [6, 6.07) is 12.3. The summed E-state index contributed by atoms with van der Waals surface area (Å²) in [6.45, 7) is 6.41. The Balaban J connectivity index is 0.925. The van der Waals surface area contributed by atoms with Gasteiger partial charge in [0.15, 0.2) is 0 Å². The zero-order valence-corrected chi connectivity index (χ0v) is 28.2. The van der Waals surface area contributed by atoms with Crippen LogP contribution in [-0.4, -0.2) is 48.1 Å². The van der Waals surface area contributed by atoms with Crippen LogP contribution in [0.2, 0.25) is 10.0 Å². The van der Waals surface area contributed by atoms with Gasteiger partial charge in [0.1, 0.15) is 0 Å². The number of aromatic nitrogens is 2. The molecule has 0 aliphatic heterocycles. The van der Waals surface area contributed by atoms with Crippen molar-refractivity contribution in [3.05, 3.63) is 80.6 Å². The van der Waals surface area contributed by atoms with Gasteiger partial charge >= 0.3 is 0 Å². The molecule has 0 saturated heterocycles. The molecule has 3 aliphatic carbocycles. The molecule has 0 radical (unpaired) electrons. The summed E-state index contributed by atoms with van der Waals surface area (Å²) < 4.78 is 0. The summed E-state index contributed by atoms with van der Waals surface area (Å²) in [5.74, 6) is 1.18. The van der Waals surface area contributed by atoms with E-state index < -0.39 is 0 Å². The highest BCUT2D eigenvalue weighted by atomic mass is 35.5. The fourth-order valence-corrected chi connectivity index (χ4v) is 8.40. The van der Waals surface area contributed by atoms with E-state index >= 15 is 0 Å². The molecule has 7 rings (SSSR count). The maximum absolute atomic E-state index is 6.39. The molecule has 5 nitrogen and oxygen atoms in total. The molecule has 4 aromatic rings. The monoisotopic (exact) mass is 641 g/mol. The Hall–Kier alpha value is -2.86. The van der Waals surface area contributed by atoms with Crippen molar-refractivity contribution in [1.29, 1.82) is 0 Å². The summed E-state index contributed by atoms with van der Waals surface area (Å²) in [4.78, 5) is 12.6. The summed E-state index contributed by atoms with van der Waals surface area (Å²) in [7, 11) is 2.26. The number of pyridine rings is 2. The van der Waals surface area contributed by atoms with Crippen LogP contribution in [0, 0.1) is 5.92 Å². The number of hydrogen-bond donors (Lipinski definition) is 2. The number of rotatable bonds is 11. The van der Waals surface area contributed by atoms with Gasteiger partial charge in [-0.05, 0) is 145 Å². The molecule has 0 amide bonds. The smallest absolute Gasteiger partial charge is 0.0741 e. The highest BCUT2D eigenvalue weighted by molar-refractivity contribution is 6.31. The zero-order valence-electron chi connectivity index (χ0n) is 26.7. The Kier molecular flexibility index (Phi) is 9.21. The molecule has 3 aliphatic rings. The van der Waals surface area contributed by atoms with E-state index in [9.17, 15) is 0 Å². The second kappa shape index (κ2) is 13.5. The van der Waals surface area contributed by atoms with Crippen molar-refractivity contribution in [3.63, 3.8) is 0 Å². The molecule has 2 aromatic carbocycles. The maximum Gasteiger partial charge on any atom is 0.0741 e. The molecule has 0 fully saturated rings. The first-order valence-electron chi connectivity index (χ1n) is 17.0. The minimum Gasteiger partial charge on any atom is -0.384 e. The quantitative estimate of drug-likeness (QED) is 0.126. The molecule has 7 heteroatoms. The molecule has 45 heavy (non-hydrogen) atoms. The Morgan fingerprint density at radius 3 is 2.27 bits per heavy atom. The summed E-state index contributed by atoms with van der Waals surface area (Å²) in [6.07, 6.45) is 14.0. The van der Waals surface area contributed by atoms with Crippen molar-refractivity contribution in [3.8, 4) is 0 Å². The number of aryl methyl sites for hydroxylation is 1. The molecule has 2 aromatic heterocycles. The minimum absolute atomic E-state index is 0.559. The number of unbranched alkanes of at least 4 members (excludes halogenated alkanes) is 1.